The summed E-state index contributed by atoms with van der Waals surface area (Å²) in [5.41, 5.74) is 1.17. The van der Waals surface area contributed by atoms with Crippen LogP contribution in [0.1, 0.15) is 35.1 Å². The van der Waals surface area contributed by atoms with Crippen LogP contribution in [0.5, 0.6) is 11.9 Å². The van der Waals surface area contributed by atoms with Crippen molar-refractivity contribution in [1.82, 2.24) is 34.1 Å². The maximum absolute atomic E-state index is 13.5. The van der Waals surface area contributed by atoms with Crippen molar-refractivity contribution in [2.24, 2.45) is 0 Å². The van der Waals surface area contributed by atoms with E-state index in [1.165, 1.54) is 32.5 Å². The highest BCUT2D eigenvalue weighted by Crippen LogP contribution is 2.55. The first kappa shape index (κ1) is 25.8. The highest BCUT2D eigenvalue weighted by molar-refractivity contribution is 5.81. The Hall–Kier alpha value is -4.43. The topological polar surface area (TPSA) is 92.2 Å². The predicted octanol–water partition coefficient (Wildman–Crippen LogP) is 5.41. The number of rotatable bonds is 6. The number of hydrogen-bond acceptors (Lipinski definition) is 7. The molecule has 0 bridgehead atoms. The van der Waals surface area contributed by atoms with Crippen LogP contribution in [0.15, 0.2) is 43.0 Å². The fourth-order valence-corrected chi connectivity index (χ4v) is 4.92. The number of methoxy groups -OCH3 is 2. The van der Waals surface area contributed by atoms with Crippen molar-refractivity contribution in [1.29, 1.82) is 0 Å². The van der Waals surface area contributed by atoms with Crippen molar-refractivity contribution in [2.75, 3.05) is 14.2 Å². The average molecular weight is 563 g/mol. The van der Waals surface area contributed by atoms with Gasteiger partial charge in [0.25, 0.3) is 0 Å². The molecule has 0 spiro atoms. The van der Waals surface area contributed by atoms with E-state index in [9.17, 15) is 26.3 Å². The molecule has 1 aliphatic rings. The predicted molar refractivity (Wildman–Crippen MR) is 128 cm³/mol. The van der Waals surface area contributed by atoms with E-state index in [2.05, 4.69) is 25.0 Å². The summed E-state index contributed by atoms with van der Waals surface area (Å²) in [7, 11) is 2.87. The van der Waals surface area contributed by atoms with Gasteiger partial charge in [-0.15, -0.1) is 0 Å². The highest BCUT2D eigenvalue weighted by Gasteiger charge is 2.43. The van der Waals surface area contributed by atoms with Gasteiger partial charge in [0, 0.05) is 47.3 Å². The Bertz CT molecular complexity index is 1740. The second kappa shape index (κ2) is 9.06. The number of halogens is 6. The summed E-state index contributed by atoms with van der Waals surface area (Å²) >= 11 is 0. The van der Waals surface area contributed by atoms with E-state index >= 15 is 0 Å². The second-order valence-electron chi connectivity index (χ2n) is 9.30. The molecule has 208 valence electrons. The molecule has 0 radical (unpaired) electrons. The Labute approximate surface area is 221 Å². The van der Waals surface area contributed by atoms with Gasteiger partial charge in [-0.05, 0) is 30.5 Å². The molecule has 2 atom stereocenters. The quantitative estimate of drug-likeness (QED) is 0.255. The first-order chi connectivity index (χ1) is 19.0. The molecule has 40 heavy (non-hydrogen) atoms. The lowest BCUT2D eigenvalue weighted by atomic mass is 10.1. The minimum atomic E-state index is -4.83. The maximum Gasteiger partial charge on any atom is 0.418 e. The molecule has 1 saturated carbocycles. The zero-order valence-corrected chi connectivity index (χ0v) is 20.8. The number of nitrogens with zero attached hydrogens (tertiary/aromatic N) is 7. The standard InChI is InChI=1S/C25H19F6N7O2/c1-39-22-16(9-33-23(35-22)40-2)19-8-15(20-32-5-6-38(20)36-19)13-7-14(13)18-4-3-12-17(25(29,30)31)10-37(21(12)34-18)11-24(26,27)28/h3-6,8-10,13-14H,7,11H2,1-2H3/t13?,14-/m0/s1. The first-order valence-electron chi connectivity index (χ1n) is 11.9. The van der Waals surface area contributed by atoms with Gasteiger partial charge in [0.15, 0.2) is 5.65 Å². The van der Waals surface area contributed by atoms with Gasteiger partial charge < -0.3 is 14.0 Å². The van der Waals surface area contributed by atoms with Gasteiger partial charge in [0.1, 0.15) is 12.2 Å². The largest absolute Gasteiger partial charge is 0.480 e. The van der Waals surface area contributed by atoms with E-state index in [0.29, 0.717) is 39.8 Å². The number of ether oxygens (including phenoxy) is 2. The molecular weight excluding hydrogens is 544 g/mol. The van der Waals surface area contributed by atoms with Crippen LogP contribution in [0, 0.1) is 0 Å². The molecule has 1 aliphatic carbocycles. The smallest absolute Gasteiger partial charge is 0.418 e. The molecule has 1 unspecified atom stereocenters. The molecule has 5 aromatic heterocycles. The number of pyridine rings is 1. The van der Waals surface area contributed by atoms with Crippen LogP contribution in [0.2, 0.25) is 0 Å². The van der Waals surface area contributed by atoms with E-state index in [-0.39, 0.29) is 34.8 Å². The lowest BCUT2D eigenvalue weighted by molar-refractivity contribution is -0.143. The molecule has 6 rings (SSSR count). The maximum atomic E-state index is 13.5. The van der Waals surface area contributed by atoms with Crippen molar-refractivity contribution in [3.8, 4) is 23.1 Å². The molecule has 0 aromatic carbocycles. The molecule has 5 aromatic rings. The summed E-state index contributed by atoms with van der Waals surface area (Å²) in [6.07, 6.45) is -3.79. The molecular formula is C25H19F6N7O2. The van der Waals surface area contributed by atoms with Crippen LogP contribution in [-0.4, -0.2) is 54.5 Å². The minimum absolute atomic E-state index is 0.109. The number of fused-ring (bicyclic) bond motifs is 2. The molecule has 15 heteroatoms. The Kier molecular flexibility index (Phi) is 5.85. The molecule has 0 N–H and O–H groups in total. The third kappa shape index (κ3) is 4.54. The van der Waals surface area contributed by atoms with Crippen LogP contribution < -0.4 is 9.47 Å². The van der Waals surface area contributed by atoms with Gasteiger partial charge in [0.05, 0.1) is 31.0 Å². The summed E-state index contributed by atoms with van der Waals surface area (Å²) in [5.74, 6) is -0.178. The van der Waals surface area contributed by atoms with E-state index in [4.69, 9.17) is 9.47 Å². The number of aromatic nitrogens is 7. The Morgan fingerprint density at radius 2 is 1.77 bits per heavy atom. The molecule has 0 amide bonds. The van der Waals surface area contributed by atoms with Crippen molar-refractivity contribution in [2.45, 2.75) is 37.2 Å². The summed E-state index contributed by atoms with van der Waals surface area (Å²) in [6, 6.07) is 4.53. The highest BCUT2D eigenvalue weighted by atomic mass is 19.4. The molecule has 0 aliphatic heterocycles. The third-order valence-corrected chi connectivity index (χ3v) is 6.74. The van der Waals surface area contributed by atoms with E-state index in [1.807, 2.05) is 0 Å². The van der Waals surface area contributed by atoms with Gasteiger partial charge in [0.2, 0.25) is 5.88 Å². The van der Waals surface area contributed by atoms with Crippen molar-refractivity contribution < 1.29 is 35.8 Å². The zero-order valence-electron chi connectivity index (χ0n) is 20.8. The number of imidazole rings is 1. The molecule has 9 nitrogen and oxygen atoms in total. The second-order valence-corrected chi connectivity index (χ2v) is 9.30. The molecule has 5 heterocycles. The van der Waals surface area contributed by atoms with Crippen molar-refractivity contribution >= 4 is 16.7 Å². The Balaban J connectivity index is 1.40. The van der Waals surface area contributed by atoms with E-state index in [0.717, 1.165) is 5.56 Å². The lowest BCUT2D eigenvalue weighted by Gasteiger charge is -2.11. The summed E-state index contributed by atoms with van der Waals surface area (Å²) < 4.78 is 92.6. The lowest BCUT2D eigenvalue weighted by Crippen LogP contribution is -2.17. The SMILES string of the molecule is COc1ncc(-c2cc(C3C[C@@H]3c3ccc4c(C(F)(F)F)cn(CC(F)(F)F)c4n3)c3nccn3n2)c(OC)n1. The van der Waals surface area contributed by atoms with Crippen LogP contribution in [0.3, 0.4) is 0 Å². The zero-order chi connectivity index (χ0) is 28.4. The van der Waals surface area contributed by atoms with Gasteiger partial charge in [-0.25, -0.2) is 19.5 Å². The normalized spacial score (nSPS) is 17.5. The fourth-order valence-electron chi connectivity index (χ4n) is 4.92. The van der Waals surface area contributed by atoms with E-state index in [1.54, 1.807) is 23.0 Å². The summed E-state index contributed by atoms with van der Waals surface area (Å²) in [6.45, 7) is -1.59. The van der Waals surface area contributed by atoms with Gasteiger partial charge in [-0.3, -0.25) is 0 Å². The van der Waals surface area contributed by atoms with Crippen LogP contribution in [0.25, 0.3) is 27.9 Å². The molecule has 0 saturated heterocycles. The first-order valence-corrected chi connectivity index (χ1v) is 11.9. The van der Waals surface area contributed by atoms with Crippen LogP contribution in [-0.2, 0) is 12.7 Å². The average Bonchev–Trinajstić information content (AvgIpc) is 3.41. The van der Waals surface area contributed by atoms with Crippen LogP contribution in [0.4, 0.5) is 26.3 Å². The van der Waals surface area contributed by atoms with Gasteiger partial charge in [-0.1, -0.05) is 0 Å². The molecule has 1 fully saturated rings. The minimum Gasteiger partial charge on any atom is -0.480 e. The van der Waals surface area contributed by atoms with E-state index < -0.39 is 24.5 Å². The summed E-state index contributed by atoms with van der Waals surface area (Å²) in [4.78, 5) is 17.0. The van der Waals surface area contributed by atoms with Gasteiger partial charge in [-0.2, -0.15) is 36.4 Å². The summed E-state index contributed by atoms with van der Waals surface area (Å²) in [5, 5.41) is 4.19. The Morgan fingerprint density at radius 3 is 2.48 bits per heavy atom. The monoisotopic (exact) mass is 563 g/mol. The fraction of sp³-hybridized carbons (Fsp3) is 0.320. The number of hydrogen-bond donors (Lipinski definition) is 0. The van der Waals surface area contributed by atoms with Gasteiger partial charge >= 0.3 is 18.4 Å². The third-order valence-electron chi connectivity index (χ3n) is 6.74. The van der Waals surface area contributed by atoms with Crippen LogP contribution >= 0.6 is 0 Å². The van der Waals surface area contributed by atoms with Crippen molar-refractivity contribution in [3.05, 3.63) is 59.8 Å². The van der Waals surface area contributed by atoms with Crippen molar-refractivity contribution in [3.63, 3.8) is 0 Å². The Morgan fingerprint density at radius 1 is 0.975 bits per heavy atom. The number of alkyl halides is 6.